The molecule has 0 saturated carbocycles. The molecule has 1 aromatic heterocycles. The Kier molecular flexibility index (Phi) is 5.39. The first kappa shape index (κ1) is 17.7. The van der Waals surface area contributed by atoms with E-state index < -0.39 is 12.0 Å². The number of carboxylic acid groups (broad SMARTS) is 1. The summed E-state index contributed by atoms with van der Waals surface area (Å²) in [5.74, 6) is -1.40. The normalized spacial score (nSPS) is 12.6. The number of hydrogen-bond donors (Lipinski definition) is 2. The Morgan fingerprint density at radius 2 is 1.92 bits per heavy atom. The molecule has 0 fully saturated rings. The van der Waals surface area contributed by atoms with Crippen LogP contribution in [-0.2, 0) is 4.79 Å². The van der Waals surface area contributed by atoms with Crippen LogP contribution in [0.25, 0.3) is 5.69 Å². The quantitative estimate of drug-likeness (QED) is 0.853. The van der Waals surface area contributed by atoms with Crippen molar-refractivity contribution in [1.29, 1.82) is 0 Å². The zero-order chi connectivity index (χ0) is 17.7. The number of nitrogens with one attached hydrogen (secondary N) is 1. The van der Waals surface area contributed by atoms with Crippen molar-refractivity contribution < 1.29 is 14.7 Å². The standard InChI is InChI=1S/C18H23N3O3/c1-18(2,3)10-9-15(17(23)24)20-16(22)13-5-7-14(8-6-13)21-12-4-11-19-21/h4-8,11-12,15H,9-10H2,1-3H3,(H,20,22)(H,23,24). The second-order valence-electron chi connectivity index (χ2n) is 6.96. The highest BCUT2D eigenvalue weighted by atomic mass is 16.4. The van der Waals surface area contributed by atoms with Crippen molar-refractivity contribution in [3.8, 4) is 5.69 Å². The highest BCUT2D eigenvalue weighted by Gasteiger charge is 2.23. The number of benzene rings is 1. The van der Waals surface area contributed by atoms with Crippen LogP contribution in [0.1, 0.15) is 44.0 Å². The van der Waals surface area contributed by atoms with Crippen LogP contribution in [0.5, 0.6) is 0 Å². The van der Waals surface area contributed by atoms with Gasteiger partial charge in [0.15, 0.2) is 0 Å². The second-order valence-corrected chi connectivity index (χ2v) is 6.96. The van der Waals surface area contributed by atoms with Gasteiger partial charge in [-0.15, -0.1) is 0 Å². The number of nitrogens with zero attached hydrogens (tertiary/aromatic N) is 2. The first-order chi connectivity index (χ1) is 11.3. The van der Waals surface area contributed by atoms with Crippen LogP contribution < -0.4 is 5.32 Å². The Hall–Kier alpha value is -2.63. The van der Waals surface area contributed by atoms with E-state index in [2.05, 4.69) is 10.4 Å². The van der Waals surface area contributed by atoms with E-state index in [4.69, 9.17) is 0 Å². The van der Waals surface area contributed by atoms with Crippen molar-refractivity contribution in [3.63, 3.8) is 0 Å². The number of aliphatic carboxylic acids is 1. The molecule has 0 radical (unpaired) electrons. The summed E-state index contributed by atoms with van der Waals surface area (Å²) in [5, 5.41) is 16.0. The number of carboxylic acids is 1. The zero-order valence-electron chi connectivity index (χ0n) is 14.2. The van der Waals surface area contributed by atoms with Crippen LogP contribution in [0.4, 0.5) is 0 Å². The van der Waals surface area contributed by atoms with Gasteiger partial charge in [-0.1, -0.05) is 20.8 Å². The molecule has 0 spiro atoms. The fourth-order valence-electron chi connectivity index (χ4n) is 2.26. The lowest BCUT2D eigenvalue weighted by molar-refractivity contribution is -0.139. The van der Waals surface area contributed by atoms with Crippen molar-refractivity contribution in [3.05, 3.63) is 48.3 Å². The summed E-state index contributed by atoms with van der Waals surface area (Å²) < 4.78 is 1.69. The van der Waals surface area contributed by atoms with E-state index in [9.17, 15) is 14.7 Å². The largest absolute Gasteiger partial charge is 0.480 e. The van der Waals surface area contributed by atoms with Crippen LogP contribution in [0.3, 0.4) is 0 Å². The third-order valence-corrected chi connectivity index (χ3v) is 3.68. The van der Waals surface area contributed by atoms with E-state index in [-0.39, 0.29) is 11.3 Å². The number of carbonyl (C=O) groups excluding carboxylic acids is 1. The molecule has 0 aliphatic heterocycles. The monoisotopic (exact) mass is 329 g/mol. The molecule has 0 bridgehead atoms. The molecule has 0 aliphatic rings. The predicted molar refractivity (Wildman–Crippen MR) is 91.1 cm³/mol. The average Bonchev–Trinajstić information content (AvgIpc) is 3.04. The van der Waals surface area contributed by atoms with Crippen molar-refractivity contribution in [2.24, 2.45) is 5.41 Å². The Bertz CT molecular complexity index is 685. The molecule has 0 saturated heterocycles. The van der Waals surface area contributed by atoms with E-state index in [0.29, 0.717) is 18.4 Å². The predicted octanol–water partition coefficient (Wildman–Crippen LogP) is 2.88. The van der Waals surface area contributed by atoms with Crippen LogP contribution in [0.15, 0.2) is 42.7 Å². The number of carbonyl (C=O) groups is 2. The first-order valence-electron chi connectivity index (χ1n) is 7.90. The SMILES string of the molecule is CC(C)(C)CCC(NC(=O)c1ccc(-n2cccn2)cc1)C(=O)O. The van der Waals surface area contributed by atoms with Crippen LogP contribution in [0.2, 0.25) is 0 Å². The third-order valence-electron chi connectivity index (χ3n) is 3.68. The van der Waals surface area contributed by atoms with Gasteiger partial charge in [0.05, 0.1) is 5.69 Å². The van der Waals surface area contributed by atoms with Gasteiger partial charge in [0.1, 0.15) is 6.04 Å². The number of hydrogen-bond acceptors (Lipinski definition) is 3. The molecule has 6 nitrogen and oxygen atoms in total. The van der Waals surface area contributed by atoms with Gasteiger partial charge in [-0.05, 0) is 48.6 Å². The van der Waals surface area contributed by atoms with Gasteiger partial charge < -0.3 is 10.4 Å². The fourth-order valence-corrected chi connectivity index (χ4v) is 2.26. The minimum absolute atomic E-state index is 0.0177. The maximum Gasteiger partial charge on any atom is 0.326 e. The molecule has 128 valence electrons. The fraction of sp³-hybridized carbons (Fsp3) is 0.389. The molecule has 6 heteroatoms. The van der Waals surface area contributed by atoms with Gasteiger partial charge in [-0.2, -0.15) is 5.10 Å². The second kappa shape index (κ2) is 7.29. The maximum atomic E-state index is 12.3. The van der Waals surface area contributed by atoms with Crippen LogP contribution in [-0.4, -0.2) is 32.8 Å². The molecule has 1 heterocycles. The summed E-state index contributed by atoms with van der Waals surface area (Å²) in [5.41, 5.74) is 1.27. The molecule has 1 aromatic carbocycles. The molecule has 24 heavy (non-hydrogen) atoms. The summed E-state index contributed by atoms with van der Waals surface area (Å²) in [6, 6.07) is 7.79. The smallest absolute Gasteiger partial charge is 0.326 e. The number of amides is 1. The molecule has 1 amide bonds. The minimum Gasteiger partial charge on any atom is -0.480 e. The van der Waals surface area contributed by atoms with Crippen molar-refractivity contribution >= 4 is 11.9 Å². The number of aromatic nitrogens is 2. The molecule has 2 rings (SSSR count). The van der Waals surface area contributed by atoms with E-state index >= 15 is 0 Å². The topological polar surface area (TPSA) is 84.2 Å². The zero-order valence-corrected chi connectivity index (χ0v) is 14.2. The Balaban J connectivity index is 2.03. The molecule has 2 aromatic rings. The molecule has 1 unspecified atom stereocenters. The Morgan fingerprint density at radius 1 is 1.25 bits per heavy atom. The summed E-state index contributed by atoms with van der Waals surface area (Å²) >= 11 is 0. The Labute approximate surface area is 141 Å². The number of rotatable bonds is 6. The average molecular weight is 329 g/mol. The maximum absolute atomic E-state index is 12.3. The summed E-state index contributed by atoms with van der Waals surface area (Å²) in [7, 11) is 0. The van der Waals surface area contributed by atoms with Crippen LogP contribution in [0, 0.1) is 5.41 Å². The van der Waals surface area contributed by atoms with Gasteiger partial charge in [0.2, 0.25) is 0 Å². The van der Waals surface area contributed by atoms with Crippen molar-refractivity contribution in [1.82, 2.24) is 15.1 Å². The summed E-state index contributed by atoms with van der Waals surface area (Å²) in [6.07, 6.45) is 4.59. The highest BCUT2D eigenvalue weighted by molar-refractivity contribution is 5.96. The lowest BCUT2D eigenvalue weighted by Crippen LogP contribution is -2.41. The van der Waals surface area contributed by atoms with Gasteiger partial charge in [0, 0.05) is 18.0 Å². The van der Waals surface area contributed by atoms with E-state index in [1.54, 1.807) is 35.1 Å². The Morgan fingerprint density at radius 3 is 2.42 bits per heavy atom. The molecule has 1 atom stereocenters. The third kappa shape index (κ3) is 4.94. The van der Waals surface area contributed by atoms with Gasteiger partial charge >= 0.3 is 5.97 Å². The summed E-state index contributed by atoms with van der Waals surface area (Å²) in [4.78, 5) is 23.7. The van der Waals surface area contributed by atoms with Gasteiger partial charge in [-0.3, -0.25) is 4.79 Å². The highest BCUT2D eigenvalue weighted by Crippen LogP contribution is 2.21. The van der Waals surface area contributed by atoms with Gasteiger partial charge in [-0.25, -0.2) is 9.48 Å². The van der Waals surface area contributed by atoms with Crippen LogP contribution >= 0.6 is 0 Å². The lowest BCUT2D eigenvalue weighted by atomic mass is 9.88. The van der Waals surface area contributed by atoms with Crippen molar-refractivity contribution in [2.45, 2.75) is 39.7 Å². The molecule has 0 aliphatic carbocycles. The van der Waals surface area contributed by atoms with E-state index in [0.717, 1.165) is 5.69 Å². The molecular weight excluding hydrogens is 306 g/mol. The van der Waals surface area contributed by atoms with Crippen molar-refractivity contribution in [2.75, 3.05) is 0 Å². The minimum atomic E-state index is -1.01. The van der Waals surface area contributed by atoms with Gasteiger partial charge in [0.25, 0.3) is 5.91 Å². The van der Waals surface area contributed by atoms with E-state index in [1.165, 1.54) is 0 Å². The van der Waals surface area contributed by atoms with E-state index in [1.807, 2.05) is 33.0 Å². The lowest BCUT2D eigenvalue weighted by Gasteiger charge is -2.21. The summed E-state index contributed by atoms with van der Waals surface area (Å²) in [6.45, 7) is 6.13. The molecule has 2 N–H and O–H groups in total. The molecular formula is C18H23N3O3. The first-order valence-corrected chi connectivity index (χ1v) is 7.90.